The van der Waals surface area contributed by atoms with E-state index in [1.54, 1.807) is 36.4 Å². The van der Waals surface area contributed by atoms with E-state index < -0.39 is 0 Å². The number of hydrogen-bond acceptors (Lipinski definition) is 3. The predicted molar refractivity (Wildman–Crippen MR) is 107 cm³/mol. The molecule has 4 nitrogen and oxygen atoms in total. The van der Waals surface area contributed by atoms with Crippen molar-refractivity contribution >= 4 is 17.3 Å². The maximum atomic E-state index is 14.5. The molecule has 0 spiro atoms. The molecule has 0 atom stereocenters. The topological polar surface area (TPSA) is 41.6 Å². The number of piperidine rings is 1. The van der Waals surface area contributed by atoms with Crippen LogP contribution < -0.4 is 15.0 Å². The Bertz CT molecular complexity index is 755. The van der Waals surface area contributed by atoms with Gasteiger partial charge in [-0.25, -0.2) is 4.39 Å². The maximum Gasteiger partial charge on any atom is 0.255 e. The average Bonchev–Trinajstić information content (AvgIpc) is 2.69. The Morgan fingerprint density at radius 1 is 1.11 bits per heavy atom. The minimum absolute atomic E-state index is 0.264. The molecule has 2 aromatic rings. The first kappa shape index (κ1) is 19.2. The normalized spacial score (nSPS) is 14.1. The predicted octanol–water partition coefficient (Wildman–Crippen LogP) is 5.25. The monoisotopic (exact) mass is 370 g/mol. The first-order valence-electron chi connectivity index (χ1n) is 9.76. The molecule has 144 valence electrons. The number of hydrogen-bond donors (Lipinski definition) is 1. The van der Waals surface area contributed by atoms with Crippen molar-refractivity contribution in [2.45, 2.75) is 39.0 Å². The largest absolute Gasteiger partial charge is 0.494 e. The molecule has 3 rings (SSSR count). The fraction of sp³-hybridized carbons (Fsp3) is 0.409. The highest BCUT2D eigenvalue weighted by atomic mass is 19.1. The Kier molecular flexibility index (Phi) is 6.69. The summed E-state index contributed by atoms with van der Waals surface area (Å²) in [6, 6.07) is 11.9. The van der Waals surface area contributed by atoms with Crippen LogP contribution in [-0.4, -0.2) is 25.6 Å². The first-order valence-corrected chi connectivity index (χ1v) is 9.76. The quantitative estimate of drug-likeness (QED) is 0.677. The van der Waals surface area contributed by atoms with Gasteiger partial charge < -0.3 is 15.0 Å². The summed E-state index contributed by atoms with van der Waals surface area (Å²) in [5, 5.41) is 2.76. The van der Waals surface area contributed by atoms with Gasteiger partial charge in [-0.3, -0.25) is 4.79 Å². The van der Waals surface area contributed by atoms with E-state index in [1.165, 1.54) is 12.5 Å². The summed E-state index contributed by atoms with van der Waals surface area (Å²) in [5.74, 6) is 0.187. The van der Waals surface area contributed by atoms with Crippen LogP contribution in [0.5, 0.6) is 5.75 Å². The van der Waals surface area contributed by atoms with Crippen LogP contribution in [0, 0.1) is 5.82 Å². The molecule has 0 aromatic heterocycles. The van der Waals surface area contributed by atoms with Crippen LogP contribution in [0.15, 0.2) is 42.5 Å². The highest BCUT2D eigenvalue weighted by Gasteiger charge is 2.15. The molecule has 0 bridgehead atoms. The molecule has 1 saturated heterocycles. The van der Waals surface area contributed by atoms with Crippen LogP contribution in [0.2, 0.25) is 0 Å². The van der Waals surface area contributed by atoms with Crippen molar-refractivity contribution in [2.75, 3.05) is 29.9 Å². The summed E-state index contributed by atoms with van der Waals surface area (Å²) in [6.45, 7) is 4.55. The van der Waals surface area contributed by atoms with E-state index in [1.807, 2.05) is 0 Å². The van der Waals surface area contributed by atoms with Crippen LogP contribution in [0.25, 0.3) is 0 Å². The third-order valence-electron chi connectivity index (χ3n) is 4.79. The Hall–Kier alpha value is -2.56. The minimum atomic E-state index is -0.297. The number of amides is 1. The SMILES string of the molecule is CCCCOc1ccc(C(=O)Nc2ccc(N3CCCCC3)c(F)c2)cc1. The number of unbranched alkanes of at least 4 members (excludes halogenated alkanes) is 1. The zero-order chi connectivity index (χ0) is 19.1. The Balaban J connectivity index is 1.61. The van der Waals surface area contributed by atoms with E-state index in [4.69, 9.17) is 4.74 Å². The fourth-order valence-electron chi connectivity index (χ4n) is 3.22. The van der Waals surface area contributed by atoms with Crippen LogP contribution in [0.1, 0.15) is 49.4 Å². The Morgan fingerprint density at radius 2 is 1.85 bits per heavy atom. The van der Waals surface area contributed by atoms with Crippen molar-refractivity contribution in [1.29, 1.82) is 0 Å². The number of carbonyl (C=O) groups is 1. The van der Waals surface area contributed by atoms with Gasteiger partial charge in [0.05, 0.1) is 12.3 Å². The lowest BCUT2D eigenvalue weighted by Gasteiger charge is -2.29. The van der Waals surface area contributed by atoms with Crippen LogP contribution in [0.4, 0.5) is 15.8 Å². The average molecular weight is 370 g/mol. The molecule has 1 heterocycles. The van der Waals surface area contributed by atoms with Gasteiger partial charge in [0, 0.05) is 24.3 Å². The van der Waals surface area contributed by atoms with Gasteiger partial charge in [0.2, 0.25) is 0 Å². The van der Waals surface area contributed by atoms with E-state index in [-0.39, 0.29) is 11.7 Å². The van der Waals surface area contributed by atoms with Crippen molar-refractivity contribution in [3.63, 3.8) is 0 Å². The summed E-state index contributed by atoms with van der Waals surface area (Å²) < 4.78 is 20.1. The molecule has 27 heavy (non-hydrogen) atoms. The lowest BCUT2D eigenvalue weighted by atomic mass is 10.1. The maximum absolute atomic E-state index is 14.5. The summed E-state index contributed by atoms with van der Waals surface area (Å²) >= 11 is 0. The summed E-state index contributed by atoms with van der Waals surface area (Å²) in [4.78, 5) is 14.5. The van der Waals surface area contributed by atoms with Gasteiger partial charge in [0.1, 0.15) is 11.6 Å². The van der Waals surface area contributed by atoms with E-state index in [0.717, 1.165) is 44.5 Å². The lowest BCUT2D eigenvalue weighted by Crippen LogP contribution is -2.30. The molecule has 5 heteroatoms. The van der Waals surface area contributed by atoms with Crippen molar-refractivity contribution in [1.82, 2.24) is 0 Å². The van der Waals surface area contributed by atoms with Crippen LogP contribution in [-0.2, 0) is 0 Å². The Labute approximate surface area is 160 Å². The number of nitrogens with zero attached hydrogens (tertiary/aromatic N) is 1. The molecule has 2 aromatic carbocycles. The molecule has 1 N–H and O–H groups in total. The van der Waals surface area contributed by atoms with E-state index in [9.17, 15) is 9.18 Å². The number of benzene rings is 2. The van der Waals surface area contributed by atoms with E-state index >= 15 is 0 Å². The number of ether oxygens (including phenoxy) is 1. The number of rotatable bonds is 7. The molecule has 0 saturated carbocycles. The zero-order valence-electron chi connectivity index (χ0n) is 15.8. The van der Waals surface area contributed by atoms with Gasteiger partial charge in [-0.1, -0.05) is 13.3 Å². The van der Waals surface area contributed by atoms with Crippen molar-refractivity contribution in [3.05, 3.63) is 53.8 Å². The van der Waals surface area contributed by atoms with Gasteiger partial charge in [-0.2, -0.15) is 0 Å². The summed E-state index contributed by atoms with van der Waals surface area (Å²) in [6.07, 6.45) is 5.47. The smallest absolute Gasteiger partial charge is 0.255 e. The zero-order valence-corrected chi connectivity index (χ0v) is 15.8. The molecule has 1 aliphatic rings. The van der Waals surface area contributed by atoms with Crippen molar-refractivity contribution < 1.29 is 13.9 Å². The standard InChI is InChI=1S/C22H27FN2O2/c1-2-3-15-27-19-10-7-17(8-11-19)22(26)24-18-9-12-21(20(23)16-18)25-13-5-4-6-14-25/h7-12,16H,2-6,13-15H2,1H3,(H,24,26). The molecular formula is C22H27FN2O2. The highest BCUT2D eigenvalue weighted by molar-refractivity contribution is 6.04. The van der Waals surface area contributed by atoms with Gasteiger partial charge >= 0.3 is 0 Å². The third-order valence-corrected chi connectivity index (χ3v) is 4.79. The minimum Gasteiger partial charge on any atom is -0.494 e. The van der Waals surface area contributed by atoms with Gasteiger partial charge in [0.15, 0.2) is 0 Å². The van der Waals surface area contributed by atoms with E-state index in [2.05, 4.69) is 17.1 Å². The van der Waals surface area contributed by atoms with Crippen LogP contribution >= 0.6 is 0 Å². The first-order chi connectivity index (χ1) is 13.2. The molecule has 0 unspecified atom stereocenters. The number of anilines is 2. The molecule has 1 aliphatic heterocycles. The Morgan fingerprint density at radius 3 is 2.52 bits per heavy atom. The molecular weight excluding hydrogens is 343 g/mol. The number of halogens is 1. The molecule has 0 radical (unpaired) electrons. The summed E-state index contributed by atoms with van der Waals surface area (Å²) in [7, 11) is 0. The van der Waals surface area contributed by atoms with Crippen molar-refractivity contribution in [3.8, 4) is 5.75 Å². The number of carbonyl (C=O) groups excluding carboxylic acids is 1. The van der Waals surface area contributed by atoms with E-state index in [0.29, 0.717) is 23.5 Å². The number of nitrogens with one attached hydrogen (secondary N) is 1. The second kappa shape index (κ2) is 9.40. The summed E-state index contributed by atoms with van der Waals surface area (Å²) in [5.41, 5.74) is 1.58. The van der Waals surface area contributed by atoms with Crippen molar-refractivity contribution in [2.24, 2.45) is 0 Å². The van der Waals surface area contributed by atoms with Gasteiger partial charge in [0.25, 0.3) is 5.91 Å². The second-order valence-corrected chi connectivity index (χ2v) is 6.89. The van der Waals surface area contributed by atoms with Gasteiger partial charge in [-0.05, 0) is 68.1 Å². The lowest BCUT2D eigenvalue weighted by molar-refractivity contribution is 0.102. The fourth-order valence-corrected chi connectivity index (χ4v) is 3.22. The highest BCUT2D eigenvalue weighted by Crippen LogP contribution is 2.26. The third kappa shape index (κ3) is 5.22. The second-order valence-electron chi connectivity index (χ2n) is 6.89. The molecule has 1 fully saturated rings. The molecule has 1 amide bonds. The van der Waals surface area contributed by atoms with Gasteiger partial charge in [-0.15, -0.1) is 0 Å². The molecule has 0 aliphatic carbocycles. The van der Waals surface area contributed by atoms with Crippen LogP contribution in [0.3, 0.4) is 0 Å².